The Bertz CT molecular complexity index is 954. The molecule has 2 heterocycles. The van der Waals surface area contributed by atoms with Crippen LogP contribution in [-0.2, 0) is 9.53 Å². The minimum Gasteiger partial charge on any atom is -0.481 e. The van der Waals surface area contributed by atoms with E-state index in [0.29, 0.717) is 37.2 Å². The highest BCUT2D eigenvalue weighted by atomic mass is 19.1. The maximum absolute atomic E-state index is 14.5. The minimum atomic E-state index is -0.796. The summed E-state index contributed by atoms with van der Waals surface area (Å²) in [6.45, 7) is 0.933. The van der Waals surface area contributed by atoms with Gasteiger partial charge in [0.2, 0.25) is 5.95 Å². The van der Waals surface area contributed by atoms with Gasteiger partial charge in [-0.2, -0.15) is 0 Å². The molecule has 2 aromatic rings. The number of hydrogen-bond donors (Lipinski definition) is 2. The van der Waals surface area contributed by atoms with Crippen molar-refractivity contribution in [3.8, 4) is 11.3 Å². The van der Waals surface area contributed by atoms with Crippen LogP contribution in [0.15, 0.2) is 30.5 Å². The second-order valence-electron chi connectivity index (χ2n) is 7.60. The lowest BCUT2D eigenvalue weighted by atomic mass is 9.86. The third-order valence-electron chi connectivity index (χ3n) is 5.50. The number of nitrogens with zero attached hydrogens (tertiary/aromatic N) is 3. The predicted molar refractivity (Wildman–Crippen MR) is 108 cm³/mol. The molecular weight excluding hydrogens is 391 g/mol. The van der Waals surface area contributed by atoms with Gasteiger partial charge in [0.25, 0.3) is 0 Å². The minimum absolute atomic E-state index is 0.0763. The second-order valence-corrected chi connectivity index (χ2v) is 7.60. The summed E-state index contributed by atoms with van der Waals surface area (Å²) in [5, 5.41) is 12.4. The Morgan fingerprint density at radius 2 is 2.17 bits per heavy atom. The van der Waals surface area contributed by atoms with Crippen molar-refractivity contribution in [2.75, 3.05) is 23.4 Å². The highest BCUT2D eigenvalue weighted by Gasteiger charge is 2.27. The molecule has 1 amide bonds. The van der Waals surface area contributed by atoms with E-state index in [0.717, 1.165) is 25.5 Å². The molecule has 1 aromatic heterocycles. The number of anilines is 2. The SMILES string of the molecule is O=C(O)[C@H]1CCC[C@@H](Nc2ncc(F)c(-c3cccc(N4CCCOC4=O)c3)n2)C1. The Labute approximate surface area is 173 Å². The van der Waals surface area contributed by atoms with Crippen LogP contribution < -0.4 is 10.2 Å². The van der Waals surface area contributed by atoms with Crippen LogP contribution in [0.2, 0.25) is 0 Å². The van der Waals surface area contributed by atoms with E-state index in [9.17, 15) is 19.1 Å². The predicted octanol–water partition coefficient (Wildman–Crippen LogP) is 3.68. The molecule has 8 nitrogen and oxygen atoms in total. The molecule has 30 heavy (non-hydrogen) atoms. The van der Waals surface area contributed by atoms with Gasteiger partial charge in [-0.25, -0.2) is 19.2 Å². The molecule has 0 radical (unpaired) electrons. The van der Waals surface area contributed by atoms with E-state index >= 15 is 0 Å². The van der Waals surface area contributed by atoms with Crippen LogP contribution in [0, 0.1) is 11.7 Å². The fourth-order valence-corrected chi connectivity index (χ4v) is 3.97. The van der Waals surface area contributed by atoms with Gasteiger partial charge in [-0.05, 0) is 37.8 Å². The Morgan fingerprint density at radius 3 is 2.97 bits per heavy atom. The van der Waals surface area contributed by atoms with Gasteiger partial charge in [-0.3, -0.25) is 9.69 Å². The van der Waals surface area contributed by atoms with Crippen molar-refractivity contribution in [3.05, 3.63) is 36.3 Å². The lowest BCUT2D eigenvalue weighted by molar-refractivity contribution is -0.142. The van der Waals surface area contributed by atoms with Crippen LogP contribution in [0.25, 0.3) is 11.3 Å². The third kappa shape index (κ3) is 4.34. The summed E-state index contributed by atoms with van der Waals surface area (Å²) in [5.74, 6) is -1.51. The van der Waals surface area contributed by atoms with Crippen LogP contribution in [0.4, 0.5) is 20.8 Å². The topological polar surface area (TPSA) is 105 Å². The van der Waals surface area contributed by atoms with Gasteiger partial charge >= 0.3 is 12.1 Å². The number of cyclic esters (lactones) is 1. The Morgan fingerprint density at radius 1 is 1.30 bits per heavy atom. The molecule has 0 spiro atoms. The first-order chi connectivity index (χ1) is 14.5. The molecular formula is C21H23FN4O4. The highest BCUT2D eigenvalue weighted by molar-refractivity contribution is 5.89. The van der Waals surface area contributed by atoms with Crippen molar-refractivity contribution >= 4 is 23.7 Å². The number of nitrogens with one attached hydrogen (secondary N) is 1. The summed E-state index contributed by atoms with van der Waals surface area (Å²) in [6.07, 6.45) is 4.17. The number of carboxylic acid groups (broad SMARTS) is 1. The van der Waals surface area contributed by atoms with Gasteiger partial charge in [0, 0.05) is 23.8 Å². The maximum atomic E-state index is 14.5. The third-order valence-corrected chi connectivity index (χ3v) is 5.50. The van der Waals surface area contributed by atoms with E-state index in [2.05, 4.69) is 15.3 Å². The molecule has 0 bridgehead atoms. The Hall–Kier alpha value is -3.23. The smallest absolute Gasteiger partial charge is 0.414 e. The number of amides is 1. The summed E-state index contributed by atoms with van der Waals surface area (Å²) in [7, 11) is 0. The summed E-state index contributed by atoms with van der Waals surface area (Å²) >= 11 is 0. The van der Waals surface area contributed by atoms with Crippen molar-refractivity contribution < 1.29 is 23.8 Å². The fraction of sp³-hybridized carbons (Fsp3) is 0.429. The van der Waals surface area contributed by atoms with Crippen molar-refractivity contribution in [1.82, 2.24) is 9.97 Å². The fourth-order valence-electron chi connectivity index (χ4n) is 3.97. The number of halogens is 1. The summed E-state index contributed by atoms with van der Waals surface area (Å²) in [4.78, 5) is 33.2. The van der Waals surface area contributed by atoms with Crippen LogP contribution >= 0.6 is 0 Å². The number of ether oxygens (including phenoxy) is 1. The van der Waals surface area contributed by atoms with E-state index < -0.39 is 23.8 Å². The molecule has 0 unspecified atom stereocenters. The Kier molecular flexibility index (Phi) is 5.78. The number of aliphatic carboxylic acids is 1. The van der Waals surface area contributed by atoms with E-state index in [1.165, 1.54) is 4.90 Å². The van der Waals surface area contributed by atoms with Gasteiger partial charge in [0.1, 0.15) is 5.69 Å². The average molecular weight is 414 g/mol. The lowest BCUT2D eigenvalue weighted by Crippen LogP contribution is -2.37. The maximum Gasteiger partial charge on any atom is 0.414 e. The van der Waals surface area contributed by atoms with Gasteiger partial charge in [-0.1, -0.05) is 18.6 Å². The van der Waals surface area contributed by atoms with E-state index in [-0.39, 0.29) is 17.7 Å². The zero-order valence-corrected chi connectivity index (χ0v) is 16.4. The molecule has 1 saturated carbocycles. The number of hydrogen-bond acceptors (Lipinski definition) is 6. The largest absolute Gasteiger partial charge is 0.481 e. The zero-order valence-electron chi connectivity index (χ0n) is 16.4. The zero-order chi connectivity index (χ0) is 21.1. The number of rotatable bonds is 5. The van der Waals surface area contributed by atoms with Crippen molar-refractivity contribution in [2.45, 2.75) is 38.1 Å². The second kappa shape index (κ2) is 8.64. The van der Waals surface area contributed by atoms with Gasteiger partial charge < -0.3 is 15.2 Å². The van der Waals surface area contributed by atoms with Crippen LogP contribution in [0.5, 0.6) is 0 Å². The molecule has 1 saturated heterocycles. The average Bonchev–Trinajstić information content (AvgIpc) is 2.76. The van der Waals surface area contributed by atoms with Crippen molar-refractivity contribution in [1.29, 1.82) is 0 Å². The van der Waals surface area contributed by atoms with Crippen LogP contribution in [0.3, 0.4) is 0 Å². The molecule has 2 aliphatic rings. The molecule has 2 fully saturated rings. The normalized spacial score (nSPS) is 21.8. The number of carbonyl (C=O) groups is 2. The first kappa shape index (κ1) is 20.1. The number of aromatic nitrogens is 2. The molecule has 9 heteroatoms. The van der Waals surface area contributed by atoms with E-state index in [1.54, 1.807) is 24.3 Å². The van der Waals surface area contributed by atoms with E-state index in [4.69, 9.17) is 4.74 Å². The van der Waals surface area contributed by atoms with Gasteiger partial charge in [0.05, 0.1) is 18.7 Å². The van der Waals surface area contributed by atoms with Gasteiger partial charge in [-0.15, -0.1) is 0 Å². The lowest BCUT2D eigenvalue weighted by Gasteiger charge is -2.27. The quantitative estimate of drug-likeness (QED) is 0.769. The number of benzene rings is 1. The highest BCUT2D eigenvalue weighted by Crippen LogP contribution is 2.29. The standard InChI is InChI=1S/C21H23FN4O4/c22-17-12-23-20(24-15-6-1-5-14(10-15)19(27)28)25-18(17)13-4-2-7-16(11-13)26-8-3-9-30-21(26)29/h2,4,7,11-12,14-15H,1,3,5-6,8-10H2,(H,27,28)(H,23,24,25)/t14-,15+/m0/s1. The summed E-state index contributed by atoms with van der Waals surface area (Å²) in [5.41, 5.74) is 1.24. The molecule has 1 aliphatic heterocycles. The van der Waals surface area contributed by atoms with Crippen LogP contribution in [0.1, 0.15) is 32.1 Å². The molecule has 4 rings (SSSR count). The van der Waals surface area contributed by atoms with Gasteiger partial charge in [0.15, 0.2) is 5.82 Å². The first-order valence-corrected chi connectivity index (χ1v) is 10.1. The van der Waals surface area contributed by atoms with Crippen LogP contribution in [-0.4, -0.2) is 46.3 Å². The molecule has 2 N–H and O–H groups in total. The number of carbonyl (C=O) groups excluding carboxylic acids is 1. The van der Waals surface area contributed by atoms with E-state index in [1.807, 2.05) is 0 Å². The molecule has 1 aliphatic carbocycles. The van der Waals surface area contributed by atoms with Crippen molar-refractivity contribution in [2.24, 2.45) is 5.92 Å². The summed E-state index contributed by atoms with van der Waals surface area (Å²) in [6, 6.07) is 6.84. The monoisotopic (exact) mass is 414 g/mol. The number of carboxylic acids is 1. The molecule has 158 valence electrons. The van der Waals surface area contributed by atoms with Crippen molar-refractivity contribution in [3.63, 3.8) is 0 Å². The molecule has 1 aromatic carbocycles. The molecule has 2 atom stereocenters. The Balaban J connectivity index is 1.56. The summed E-state index contributed by atoms with van der Waals surface area (Å²) < 4.78 is 19.6. The first-order valence-electron chi connectivity index (χ1n) is 10.1.